The van der Waals surface area contributed by atoms with E-state index in [1.165, 1.54) is 12.1 Å². The SMILES string of the molecule is Nc1cc(CNc2ccc(C(F)(F)F)cc2)ccn1. The van der Waals surface area contributed by atoms with E-state index in [1.54, 1.807) is 18.3 Å². The van der Waals surface area contributed by atoms with Crippen LogP contribution in [0.4, 0.5) is 24.7 Å². The summed E-state index contributed by atoms with van der Waals surface area (Å²) >= 11 is 0. The van der Waals surface area contributed by atoms with Gasteiger partial charge in [-0.2, -0.15) is 13.2 Å². The van der Waals surface area contributed by atoms with Crippen LogP contribution in [-0.2, 0) is 12.7 Å². The van der Waals surface area contributed by atoms with Crippen LogP contribution < -0.4 is 11.1 Å². The van der Waals surface area contributed by atoms with Crippen molar-refractivity contribution in [3.63, 3.8) is 0 Å². The Morgan fingerprint density at radius 3 is 2.37 bits per heavy atom. The zero-order valence-electron chi connectivity index (χ0n) is 9.91. The van der Waals surface area contributed by atoms with Gasteiger partial charge in [-0.25, -0.2) is 4.98 Å². The summed E-state index contributed by atoms with van der Waals surface area (Å²) in [5.74, 6) is 0.409. The van der Waals surface area contributed by atoms with E-state index in [1.807, 2.05) is 0 Å². The Labute approximate surface area is 108 Å². The number of alkyl halides is 3. The van der Waals surface area contributed by atoms with Gasteiger partial charge in [0.05, 0.1) is 5.56 Å². The highest BCUT2D eigenvalue weighted by atomic mass is 19.4. The molecule has 3 N–H and O–H groups in total. The quantitative estimate of drug-likeness (QED) is 0.897. The van der Waals surface area contributed by atoms with Crippen LogP contribution in [0.15, 0.2) is 42.6 Å². The average Bonchev–Trinajstić information content (AvgIpc) is 2.36. The van der Waals surface area contributed by atoms with E-state index in [0.717, 1.165) is 17.7 Å². The molecular weight excluding hydrogens is 255 g/mol. The van der Waals surface area contributed by atoms with Crippen LogP contribution >= 0.6 is 0 Å². The van der Waals surface area contributed by atoms with Gasteiger partial charge in [0.15, 0.2) is 0 Å². The van der Waals surface area contributed by atoms with Gasteiger partial charge in [-0.1, -0.05) is 0 Å². The lowest BCUT2D eigenvalue weighted by molar-refractivity contribution is -0.137. The standard InChI is InChI=1S/C13H12F3N3/c14-13(15,16)10-1-3-11(4-2-10)19-8-9-5-6-18-12(17)7-9/h1-7,19H,8H2,(H2,17,18). The number of nitrogens with one attached hydrogen (secondary N) is 1. The first kappa shape index (κ1) is 13.2. The number of benzene rings is 1. The fraction of sp³-hybridized carbons (Fsp3) is 0.154. The van der Waals surface area contributed by atoms with E-state index in [4.69, 9.17) is 5.73 Å². The molecule has 0 atom stereocenters. The van der Waals surface area contributed by atoms with Crippen molar-refractivity contribution in [1.29, 1.82) is 0 Å². The second-order valence-electron chi connectivity index (χ2n) is 4.02. The van der Waals surface area contributed by atoms with Crippen LogP contribution in [-0.4, -0.2) is 4.98 Å². The maximum atomic E-state index is 12.4. The number of nitrogens with zero attached hydrogens (tertiary/aromatic N) is 1. The van der Waals surface area contributed by atoms with Crippen molar-refractivity contribution < 1.29 is 13.2 Å². The molecule has 2 rings (SSSR count). The molecule has 0 saturated heterocycles. The molecule has 0 aliphatic rings. The fourth-order valence-corrected chi connectivity index (χ4v) is 1.59. The van der Waals surface area contributed by atoms with Crippen LogP contribution in [0.1, 0.15) is 11.1 Å². The minimum atomic E-state index is -4.31. The Morgan fingerprint density at radius 2 is 1.79 bits per heavy atom. The number of nitrogens with two attached hydrogens (primary N) is 1. The zero-order chi connectivity index (χ0) is 13.9. The number of rotatable bonds is 3. The third-order valence-corrected chi connectivity index (χ3v) is 2.55. The summed E-state index contributed by atoms with van der Waals surface area (Å²) in [7, 11) is 0. The van der Waals surface area contributed by atoms with Crippen molar-refractivity contribution in [3.8, 4) is 0 Å². The fourth-order valence-electron chi connectivity index (χ4n) is 1.59. The Morgan fingerprint density at radius 1 is 1.11 bits per heavy atom. The monoisotopic (exact) mass is 267 g/mol. The van der Waals surface area contributed by atoms with Gasteiger partial charge in [0.2, 0.25) is 0 Å². The first-order valence-electron chi connectivity index (χ1n) is 5.57. The Hall–Kier alpha value is -2.24. The Balaban J connectivity index is 2.01. The molecule has 1 aromatic carbocycles. The first-order chi connectivity index (χ1) is 8.95. The molecule has 0 fully saturated rings. The van der Waals surface area contributed by atoms with Crippen molar-refractivity contribution in [2.45, 2.75) is 12.7 Å². The summed E-state index contributed by atoms with van der Waals surface area (Å²) in [6.07, 6.45) is -2.73. The van der Waals surface area contributed by atoms with Gasteiger partial charge < -0.3 is 11.1 Å². The summed E-state index contributed by atoms with van der Waals surface area (Å²) in [5, 5.41) is 3.02. The van der Waals surface area contributed by atoms with Crippen LogP contribution in [0, 0.1) is 0 Å². The van der Waals surface area contributed by atoms with Gasteiger partial charge in [-0.3, -0.25) is 0 Å². The highest BCUT2D eigenvalue weighted by molar-refractivity contribution is 5.46. The molecule has 3 nitrogen and oxygen atoms in total. The molecule has 0 saturated carbocycles. The molecule has 0 spiro atoms. The second kappa shape index (κ2) is 5.17. The number of hydrogen-bond donors (Lipinski definition) is 2. The molecule has 0 amide bonds. The van der Waals surface area contributed by atoms with E-state index in [-0.39, 0.29) is 0 Å². The van der Waals surface area contributed by atoms with Crippen LogP contribution in [0.3, 0.4) is 0 Å². The second-order valence-corrected chi connectivity index (χ2v) is 4.02. The molecule has 100 valence electrons. The zero-order valence-corrected chi connectivity index (χ0v) is 9.91. The number of halogens is 3. The predicted molar refractivity (Wildman–Crippen MR) is 67.4 cm³/mol. The van der Waals surface area contributed by atoms with Gasteiger partial charge in [-0.05, 0) is 42.0 Å². The van der Waals surface area contributed by atoms with Gasteiger partial charge in [-0.15, -0.1) is 0 Å². The maximum absolute atomic E-state index is 12.4. The molecule has 0 bridgehead atoms. The van der Waals surface area contributed by atoms with Crippen LogP contribution in [0.5, 0.6) is 0 Å². The van der Waals surface area contributed by atoms with Crippen LogP contribution in [0.25, 0.3) is 0 Å². The van der Waals surface area contributed by atoms with Gasteiger partial charge in [0, 0.05) is 18.4 Å². The highest BCUT2D eigenvalue weighted by Crippen LogP contribution is 2.29. The van der Waals surface area contributed by atoms with Gasteiger partial charge in [0.1, 0.15) is 5.82 Å². The third-order valence-electron chi connectivity index (χ3n) is 2.55. The molecule has 2 aromatic rings. The van der Waals surface area contributed by atoms with Crippen LogP contribution in [0.2, 0.25) is 0 Å². The molecule has 0 unspecified atom stereocenters. The third kappa shape index (κ3) is 3.61. The lowest BCUT2D eigenvalue weighted by atomic mass is 10.2. The minimum absolute atomic E-state index is 0.409. The normalized spacial score (nSPS) is 11.3. The van der Waals surface area contributed by atoms with Gasteiger partial charge >= 0.3 is 6.18 Å². The smallest absolute Gasteiger partial charge is 0.384 e. The summed E-state index contributed by atoms with van der Waals surface area (Å²) in [5.41, 5.74) is 6.39. The lowest BCUT2D eigenvalue weighted by Crippen LogP contribution is -2.05. The minimum Gasteiger partial charge on any atom is -0.384 e. The summed E-state index contributed by atoms with van der Waals surface area (Å²) in [4.78, 5) is 3.86. The molecular formula is C13H12F3N3. The maximum Gasteiger partial charge on any atom is 0.416 e. The van der Waals surface area contributed by atoms with E-state index in [9.17, 15) is 13.2 Å². The summed E-state index contributed by atoms with van der Waals surface area (Å²) in [6.45, 7) is 0.470. The number of aromatic nitrogens is 1. The lowest BCUT2D eigenvalue weighted by Gasteiger charge is -2.09. The van der Waals surface area contributed by atoms with Crippen molar-refractivity contribution in [1.82, 2.24) is 4.98 Å². The Kier molecular flexibility index (Phi) is 3.59. The highest BCUT2D eigenvalue weighted by Gasteiger charge is 2.29. The van der Waals surface area contributed by atoms with Gasteiger partial charge in [0.25, 0.3) is 0 Å². The van der Waals surface area contributed by atoms with E-state index >= 15 is 0 Å². The number of hydrogen-bond acceptors (Lipinski definition) is 3. The molecule has 6 heteroatoms. The van der Waals surface area contributed by atoms with Crippen molar-refractivity contribution in [2.24, 2.45) is 0 Å². The molecule has 1 heterocycles. The number of nitrogen functional groups attached to an aromatic ring is 1. The topological polar surface area (TPSA) is 50.9 Å². The average molecular weight is 267 g/mol. The molecule has 1 aromatic heterocycles. The van der Waals surface area contributed by atoms with Crippen molar-refractivity contribution >= 4 is 11.5 Å². The Bertz CT molecular complexity index is 550. The summed E-state index contributed by atoms with van der Waals surface area (Å²) < 4.78 is 37.1. The number of pyridine rings is 1. The largest absolute Gasteiger partial charge is 0.416 e. The first-order valence-corrected chi connectivity index (χ1v) is 5.57. The summed E-state index contributed by atoms with van der Waals surface area (Å²) in [6, 6.07) is 8.37. The molecule has 0 aliphatic heterocycles. The predicted octanol–water partition coefficient (Wildman–Crippen LogP) is 3.29. The van der Waals surface area contributed by atoms with E-state index < -0.39 is 11.7 Å². The number of anilines is 2. The molecule has 0 radical (unpaired) electrons. The van der Waals surface area contributed by atoms with E-state index in [2.05, 4.69) is 10.3 Å². The molecule has 0 aliphatic carbocycles. The van der Waals surface area contributed by atoms with Crippen molar-refractivity contribution in [2.75, 3.05) is 11.1 Å². The van der Waals surface area contributed by atoms with Crippen molar-refractivity contribution in [3.05, 3.63) is 53.7 Å². The van der Waals surface area contributed by atoms with E-state index in [0.29, 0.717) is 18.1 Å². The molecule has 19 heavy (non-hydrogen) atoms.